The average Bonchev–Trinajstić information content (AvgIpc) is 2.91. The molecule has 1 atom stereocenters. The summed E-state index contributed by atoms with van der Waals surface area (Å²) in [5, 5.41) is 2.82. The molecular weight excluding hydrogens is 581 g/mol. The van der Waals surface area contributed by atoms with Crippen molar-refractivity contribution in [2.24, 2.45) is 0 Å². The quantitative estimate of drug-likeness (QED) is 0.145. The molecule has 0 radical (unpaired) electrons. The number of fused-ring (bicyclic) bond motifs is 1. The summed E-state index contributed by atoms with van der Waals surface area (Å²) in [7, 11) is -2.33. The molecule has 38 heavy (non-hydrogen) atoms. The summed E-state index contributed by atoms with van der Waals surface area (Å²) in [6.07, 6.45) is 0. The lowest BCUT2D eigenvalue weighted by Gasteiger charge is -2.12. The summed E-state index contributed by atoms with van der Waals surface area (Å²) in [5.74, 6) is -1.22. The minimum Gasteiger partial charge on any atom is -0.288 e. The van der Waals surface area contributed by atoms with E-state index in [1.807, 2.05) is 30.3 Å². The Morgan fingerprint density at radius 2 is 0.974 bits per heavy atom. The molecule has 0 spiro atoms. The van der Waals surface area contributed by atoms with Crippen LogP contribution in [0.25, 0.3) is 10.8 Å². The van der Waals surface area contributed by atoms with Gasteiger partial charge in [-0.1, -0.05) is 99.5 Å². The fourth-order valence-corrected chi connectivity index (χ4v) is 7.03. The second-order valence-electron chi connectivity index (χ2n) is 8.34. The van der Waals surface area contributed by atoms with Crippen molar-refractivity contribution < 1.29 is 14.2 Å². The molecule has 1 unspecified atom stereocenters. The van der Waals surface area contributed by atoms with Crippen molar-refractivity contribution in [3.05, 3.63) is 139 Å². The Hall–Kier alpha value is -3.04. The summed E-state index contributed by atoms with van der Waals surface area (Å²) in [6, 6.07) is 27.0. The number of carbonyl (C=O) groups is 2. The smallest absolute Gasteiger partial charge is 0.288 e. The zero-order valence-corrected chi connectivity index (χ0v) is 23.3. The highest BCUT2D eigenvalue weighted by Gasteiger charge is 2.36. The normalized spacial score (nSPS) is 11.4. The second kappa shape index (κ2) is 11.0. The lowest BCUT2D eigenvalue weighted by atomic mass is 9.93. The number of halogens is 4. The molecule has 0 heterocycles. The van der Waals surface area contributed by atoms with Crippen LogP contribution in [0.4, 0.5) is 0 Å². The molecule has 0 saturated heterocycles. The molecule has 0 aliphatic rings. The maximum absolute atomic E-state index is 14.2. The molecule has 5 aromatic rings. The number of carbonyl (C=O) groups excluding carboxylic acids is 2. The van der Waals surface area contributed by atoms with E-state index >= 15 is 0 Å². The number of hydrogen-bond acceptors (Lipinski definition) is 3. The molecule has 0 amide bonds. The van der Waals surface area contributed by atoms with Crippen LogP contribution >= 0.6 is 54.2 Å². The second-order valence-corrected chi connectivity index (χ2v) is 11.5. The number of hydrogen-bond donors (Lipinski definition) is 0. The molecule has 0 aliphatic heterocycles. The molecular formula is C30H16Cl4O3P+. The van der Waals surface area contributed by atoms with Crippen LogP contribution in [0, 0.1) is 0 Å². The molecule has 0 N–H and O–H groups in total. The van der Waals surface area contributed by atoms with Crippen molar-refractivity contribution in [3.8, 4) is 0 Å². The molecule has 5 rings (SSSR count). The van der Waals surface area contributed by atoms with Gasteiger partial charge in [0, 0.05) is 10.9 Å². The van der Waals surface area contributed by atoms with Gasteiger partial charge in [0.05, 0.1) is 36.8 Å². The first-order chi connectivity index (χ1) is 18.3. The van der Waals surface area contributed by atoms with Crippen molar-refractivity contribution in [3.63, 3.8) is 0 Å². The van der Waals surface area contributed by atoms with Crippen LogP contribution in [0.2, 0.25) is 20.1 Å². The van der Waals surface area contributed by atoms with Gasteiger partial charge in [0.1, 0.15) is 0 Å². The first-order valence-electron chi connectivity index (χ1n) is 11.3. The predicted molar refractivity (Wildman–Crippen MR) is 157 cm³/mol. The summed E-state index contributed by atoms with van der Waals surface area (Å²) < 4.78 is 14.2. The topological polar surface area (TPSA) is 51.2 Å². The molecule has 8 heteroatoms. The van der Waals surface area contributed by atoms with Gasteiger partial charge in [-0.2, -0.15) is 0 Å². The van der Waals surface area contributed by atoms with Gasteiger partial charge in [0.2, 0.25) is 16.4 Å². The molecule has 0 saturated carbocycles. The van der Waals surface area contributed by atoms with E-state index in [1.54, 1.807) is 36.4 Å². The average molecular weight is 597 g/mol. The van der Waals surface area contributed by atoms with E-state index in [1.165, 1.54) is 30.3 Å². The fourth-order valence-electron chi connectivity index (χ4n) is 4.34. The lowest BCUT2D eigenvalue weighted by molar-refractivity contribution is 0.100. The zero-order chi connectivity index (χ0) is 27.0. The monoisotopic (exact) mass is 595 g/mol. The molecule has 3 nitrogen and oxygen atoms in total. The van der Waals surface area contributed by atoms with Gasteiger partial charge in [0.25, 0.3) is 0 Å². The van der Waals surface area contributed by atoms with E-state index < -0.39 is 19.4 Å². The van der Waals surface area contributed by atoms with Crippen LogP contribution in [-0.2, 0) is 4.57 Å². The largest absolute Gasteiger partial charge is 0.416 e. The predicted octanol–water partition coefficient (Wildman–Crippen LogP) is 8.69. The first kappa shape index (κ1) is 26.6. The highest BCUT2D eigenvalue weighted by molar-refractivity contribution is 7.62. The Bertz CT molecular complexity index is 1740. The Morgan fingerprint density at radius 3 is 1.61 bits per heavy atom. The van der Waals surface area contributed by atoms with Crippen LogP contribution in [0.15, 0.2) is 97.1 Å². The number of ketones is 2. The van der Waals surface area contributed by atoms with Crippen LogP contribution in [0.5, 0.6) is 0 Å². The van der Waals surface area contributed by atoms with Crippen LogP contribution in [0.1, 0.15) is 31.8 Å². The van der Waals surface area contributed by atoms with Gasteiger partial charge in [-0.3, -0.25) is 9.59 Å². The Labute approximate surface area is 239 Å². The van der Waals surface area contributed by atoms with E-state index in [9.17, 15) is 14.2 Å². The van der Waals surface area contributed by atoms with Crippen LogP contribution < -0.4 is 10.6 Å². The van der Waals surface area contributed by atoms with E-state index in [0.717, 1.165) is 10.8 Å². The highest BCUT2D eigenvalue weighted by atomic mass is 35.5. The molecule has 0 fully saturated rings. The summed E-state index contributed by atoms with van der Waals surface area (Å²) in [5.41, 5.74) is -0.0452. The summed E-state index contributed by atoms with van der Waals surface area (Å²) in [6.45, 7) is 0. The van der Waals surface area contributed by atoms with Gasteiger partial charge in [-0.25, -0.2) is 0 Å². The van der Waals surface area contributed by atoms with Crippen molar-refractivity contribution in [2.75, 3.05) is 0 Å². The Balaban J connectivity index is 1.80. The third-order valence-electron chi connectivity index (χ3n) is 6.10. The van der Waals surface area contributed by atoms with Crippen molar-refractivity contribution in [1.29, 1.82) is 0 Å². The Morgan fingerprint density at radius 1 is 0.500 bits per heavy atom. The van der Waals surface area contributed by atoms with Gasteiger partial charge in [0.15, 0.2) is 5.78 Å². The van der Waals surface area contributed by atoms with E-state index in [-0.39, 0.29) is 47.6 Å². The van der Waals surface area contributed by atoms with Gasteiger partial charge in [-0.05, 0) is 53.9 Å². The Kier molecular flexibility index (Phi) is 7.68. The van der Waals surface area contributed by atoms with E-state index in [2.05, 4.69) is 0 Å². The number of benzene rings is 5. The third-order valence-corrected chi connectivity index (χ3v) is 9.00. The number of rotatable bonds is 6. The standard InChI is InChI=1S/C30H16Cl4O3P/c31-20-11-5-12-21(32)27(20)29(35)19-10-4-16-25(26(19)30(36)28-22(33)13-6-14-23(28)34)38(37)24-15-3-8-17-7-1-2-9-18(17)24/h1-16H/q+1. The van der Waals surface area contributed by atoms with Crippen molar-refractivity contribution >= 4 is 87.2 Å². The van der Waals surface area contributed by atoms with Crippen molar-refractivity contribution in [2.45, 2.75) is 0 Å². The van der Waals surface area contributed by atoms with Gasteiger partial charge in [-0.15, -0.1) is 0 Å². The summed E-state index contributed by atoms with van der Waals surface area (Å²) >= 11 is 25.5. The molecule has 0 aromatic heterocycles. The van der Waals surface area contributed by atoms with E-state index in [0.29, 0.717) is 5.30 Å². The molecule has 0 aliphatic carbocycles. The maximum atomic E-state index is 14.2. The third kappa shape index (κ3) is 4.78. The highest BCUT2D eigenvalue weighted by Crippen LogP contribution is 2.34. The van der Waals surface area contributed by atoms with Crippen LogP contribution in [0.3, 0.4) is 0 Å². The van der Waals surface area contributed by atoms with Crippen LogP contribution in [-0.4, -0.2) is 11.6 Å². The minimum absolute atomic E-state index is 0.00362. The first-order valence-corrected chi connectivity index (χ1v) is 14.1. The minimum atomic E-state index is -2.33. The SMILES string of the molecule is O=C(c1cccc([P+](=O)c2cccc3ccccc23)c1C(=O)c1c(Cl)cccc1Cl)c1c(Cl)cccc1Cl. The van der Waals surface area contributed by atoms with Gasteiger partial charge >= 0.3 is 7.80 Å². The fraction of sp³-hybridized carbons (Fsp3) is 0. The maximum Gasteiger partial charge on any atom is 0.416 e. The van der Waals surface area contributed by atoms with Gasteiger partial charge < -0.3 is 0 Å². The summed E-state index contributed by atoms with van der Waals surface area (Å²) in [4.78, 5) is 28.0. The molecule has 0 bridgehead atoms. The molecule has 5 aromatic carbocycles. The van der Waals surface area contributed by atoms with Crippen molar-refractivity contribution in [1.82, 2.24) is 0 Å². The molecule has 186 valence electrons. The van der Waals surface area contributed by atoms with E-state index in [4.69, 9.17) is 46.4 Å². The zero-order valence-electron chi connectivity index (χ0n) is 19.4. The lowest BCUT2D eigenvalue weighted by Crippen LogP contribution is -2.23.